The Hall–Kier alpha value is -1.02. The molecule has 0 aliphatic carbocycles. The van der Waals surface area contributed by atoms with Gasteiger partial charge in [0.05, 0.1) is 11.6 Å². The van der Waals surface area contributed by atoms with Crippen molar-refractivity contribution in [2.45, 2.75) is 26.2 Å². The van der Waals surface area contributed by atoms with E-state index >= 15 is 0 Å². The van der Waals surface area contributed by atoms with Crippen molar-refractivity contribution in [3.8, 4) is 5.75 Å². The summed E-state index contributed by atoms with van der Waals surface area (Å²) >= 11 is 6.03. The first kappa shape index (κ1) is 12.1. The number of carbonyl (C=O) groups excluding carboxylic acids is 1. The highest BCUT2D eigenvalue weighted by molar-refractivity contribution is 6.32. The second-order valence-corrected chi connectivity index (χ2v) is 3.66. The van der Waals surface area contributed by atoms with E-state index < -0.39 is 0 Å². The Bertz CT molecular complexity index is 323. The molecule has 15 heavy (non-hydrogen) atoms. The molecule has 3 heteroatoms. The molecule has 0 aromatic heterocycles. The van der Waals surface area contributed by atoms with Gasteiger partial charge in [-0.3, -0.25) is 0 Å². The molecule has 0 unspecified atom stereocenters. The summed E-state index contributed by atoms with van der Waals surface area (Å²) in [5.74, 6) is 0.721. The van der Waals surface area contributed by atoms with E-state index in [0.29, 0.717) is 18.1 Å². The molecule has 1 aromatic rings. The van der Waals surface area contributed by atoms with Gasteiger partial charge in [-0.15, -0.1) is 0 Å². The molecule has 0 aliphatic rings. The van der Waals surface area contributed by atoms with E-state index in [2.05, 4.69) is 0 Å². The second-order valence-electron chi connectivity index (χ2n) is 3.26. The Balaban J connectivity index is 2.60. The molecule has 0 fully saturated rings. The van der Waals surface area contributed by atoms with E-state index in [9.17, 15) is 4.79 Å². The third kappa shape index (κ3) is 3.92. The zero-order valence-corrected chi connectivity index (χ0v) is 9.59. The van der Waals surface area contributed by atoms with Crippen LogP contribution in [0.25, 0.3) is 0 Å². The molecule has 0 atom stereocenters. The van der Waals surface area contributed by atoms with E-state index in [0.717, 1.165) is 30.4 Å². The lowest BCUT2D eigenvalue weighted by Gasteiger charge is -2.07. The molecule has 82 valence electrons. The Morgan fingerprint density at radius 2 is 2.27 bits per heavy atom. The third-order valence-electron chi connectivity index (χ3n) is 2.08. The summed E-state index contributed by atoms with van der Waals surface area (Å²) in [5, 5.41) is 0.639. The minimum atomic E-state index is 0.602. The highest BCUT2D eigenvalue weighted by Gasteiger charge is 2.02. The second kappa shape index (κ2) is 6.46. The Morgan fingerprint density at radius 1 is 1.47 bits per heavy atom. The SMILES string of the molecule is CCOc1ccc(CCCC=O)cc1Cl. The summed E-state index contributed by atoms with van der Waals surface area (Å²) in [7, 11) is 0. The van der Waals surface area contributed by atoms with Gasteiger partial charge >= 0.3 is 0 Å². The van der Waals surface area contributed by atoms with Gasteiger partial charge in [0.2, 0.25) is 0 Å². The molecule has 0 N–H and O–H groups in total. The fourth-order valence-electron chi connectivity index (χ4n) is 1.36. The molecule has 0 saturated carbocycles. The van der Waals surface area contributed by atoms with E-state index in [1.807, 2.05) is 25.1 Å². The van der Waals surface area contributed by atoms with Gasteiger partial charge in [-0.1, -0.05) is 17.7 Å². The minimum absolute atomic E-state index is 0.602. The molecule has 0 bridgehead atoms. The van der Waals surface area contributed by atoms with Crippen molar-refractivity contribution >= 4 is 17.9 Å². The predicted octanol–water partition coefficient (Wildman–Crippen LogP) is 3.26. The van der Waals surface area contributed by atoms with Crippen LogP contribution < -0.4 is 4.74 Å². The monoisotopic (exact) mass is 226 g/mol. The molecule has 0 aliphatic heterocycles. The first-order valence-electron chi connectivity index (χ1n) is 5.12. The highest BCUT2D eigenvalue weighted by Crippen LogP contribution is 2.25. The van der Waals surface area contributed by atoms with Crippen LogP contribution in [0.5, 0.6) is 5.75 Å². The number of hydrogen-bond acceptors (Lipinski definition) is 2. The van der Waals surface area contributed by atoms with Crippen LogP contribution in [0.3, 0.4) is 0 Å². The van der Waals surface area contributed by atoms with Crippen LogP contribution >= 0.6 is 11.6 Å². The van der Waals surface area contributed by atoms with Gasteiger partial charge < -0.3 is 9.53 Å². The summed E-state index contributed by atoms with van der Waals surface area (Å²) in [5.41, 5.74) is 1.14. The molecule has 0 heterocycles. The van der Waals surface area contributed by atoms with Gasteiger partial charge in [0, 0.05) is 6.42 Å². The van der Waals surface area contributed by atoms with E-state index in [1.165, 1.54) is 0 Å². The van der Waals surface area contributed by atoms with E-state index in [-0.39, 0.29) is 0 Å². The van der Waals surface area contributed by atoms with E-state index in [1.54, 1.807) is 0 Å². The van der Waals surface area contributed by atoms with Crippen molar-refractivity contribution in [2.75, 3.05) is 6.61 Å². The molecule has 0 spiro atoms. The maximum absolute atomic E-state index is 10.2. The molecular weight excluding hydrogens is 212 g/mol. The molecule has 2 nitrogen and oxygen atoms in total. The quantitative estimate of drug-likeness (QED) is 0.550. The Kier molecular flexibility index (Phi) is 5.19. The molecule has 0 saturated heterocycles. The van der Waals surface area contributed by atoms with Crippen LogP contribution in [0.2, 0.25) is 5.02 Å². The van der Waals surface area contributed by atoms with Crippen molar-refractivity contribution in [1.29, 1.82) is 0 Å². The molecular formula is C12H15ClO2. The smallest absolute Gasteiger partial charge is 0.137 e. The standard InChI is InChI=1S/C12H15ClO2/c1-2-15-12-7-6-10(9-11(12)13)5-3-4-8-14/h6-9H,2-5H2,1H3. The fraction of sp³-hybridized carbons (Fsp3) is 0.417. The van der Waals surface area contributed by atoms with Crippen molar-refractivity contribution in [1.82, 2.24) is 0 Å². The Labute approximate surface area is 95.2 Å². The first-order valence-corrected chi connectivity index (χ1v) is 5.50. The maximum atomic E-state index is 10.2. The number of ether oxygens (including phenoxy) is 1. The van der Waals surface area contributed by atoms with Gasteiger partial charge in [-0.05, 0) is 37.5 Å². The van der Waals surface area contributed by atoms with Crippen molar-refractivity contribution < 1.29 is 9.53 Å². The van der Waals surface area contributed by atoms with Crippen LogP contribution in [0.4, 0.5) is 0 Å². The number of aldehydes is 1. The molecule has 1 rings (SSSR count). The van der Waals surface area contributed by atoms with Crippen LogP contribution in [0.1, 0.15) is 25.3 Å². The molecule has 0 radical (unpaired) electrons. The van der Waals surface area contributed by atoms with Gasteiger partial charge in [-0.25, -0.2) is 0 Å². The van der Waals surface area contributed by atoms with Crippen molar-refractivity contribution in [3.63, 3.8) is 0 Å². The molecule has 1 aromatic carbocycles. The minimum Gasteiger partial charge on any atom is -0.492 e. The largest absolute Gasteiger partial charge is 0.492 e. The number of aryl methyl sites for hydroxylation is 1. The number of benzene rings is 1. The molecule has 0 amide bonds. The van der Waals surface area contributed by atoms with Crippen LogP contribution in [-0.4, -0.2) is 12.9 Å². The summed E-state index contributed by atoms with van der Waals surface area (Å²) in [6.45, 7) is 2.54. The average molecular weight is 227 g/mol. The summed E-state index contributed by atoms with van der Waals surface area (Å²) < 4.78 is 5.33. The maximum Gasteiger partial charge on any atom is 0.137 e. The van der Waals surface area contributed by atoms with Gasteiger partial charge in [0.1, 0.15) is 12.0 Å². The van der Waals surface area contributed by atoms with Crippen molar-refractivity contribution in [3.05, 3.63) is 28.8 Å². The van der Waals surface area contributed by atoms with Crippen molar-refractivity contribution in [2.24, 2.45) is 0 Å². The van der Waals surface area contributed by atoms with Crippen LogP contribution in [0.15, 0.2) is 18.2 Å². The normalized spacial score (nSPS) is 10.0. The highest BCUT2D eigenvalue weighted by atomic mass is 35.5. The fourth-order valence-corrected chi connectivity index (χ4v) is 1.62. The summed E-state index contributed by atoms with van der Waals surface area (Å²) in [6.07, 6.45) is 3.29. The van der Waals surface area contributed by atoms with Gasteiger partial charge in [0.25, 0.3) is 0 Å². The lowest BCUT2D eigenvalue weighted by atomic mass is 10.1. The van der Waals surface area contributed by atoms with Gasteiger partial charge in [0.15, 0.2) is 0 Å². The number of unbranched alkanes of at least 4 members (excludes halogenated alkanes) is 1. The first-order chi connectivity index (χ1) is 7.27. The number of hydrogen-bond donors (Lipinski definition) is 0. The van der Waals surface area contributed by atoms with Crippen LogP contribution in [-0.2, 0) is 11.2 Å². The lowest BCUT2D eigenvalue weighted by molar-refractivity contribution is -0.107. The Morgan fingerprint density at radius 3 is 2.87 bits per heavy atom. The topological polar surface area (TPSA) is 26.3 Å². The third-order valence-corrected chi connectivity index (χ3v) is 2.38. The number of halogens is 1. The van der Waals surface area contributed by atoms with Gasteiger partial charge in [-0.2, -0.15) is 0 Å². The predicted molar refractivity (Wildman–Crippen MR) is 61.6 cm³/mol. The summed E-state index contributed by atoms with van der Waals surface area (Å²) in [6, 6.07) is 5.76. The van der Waals surface area contributed by atoms with Crippen LogP contribution in [0, 0.1) is 0 Å². The number of carbonyl (C=O) groups is 1. The zero-order chi connectivity index (χ0) is 11.1. The number of rotatable bonds is 6. The average Bonchev–Trinajstić information content (AvgIpc) is 2.23. The lowest BCUT2D eigenvalue weighted by Crippen LogP contribution is -1.93. The van der Waals surface area contributed by atoms with E-state index in [4.69, 9.17) is 16.3 Å². The zero-order valence-electron chi connectivity index (χ0n) is 8.83. The summed E-state index contributed by atoms with van der Waals surface area (Å²) in [4.78, 5) is 10.2.